The van der Waals surface area contributed by atoms with E-state index in [0.717, 1.165) is 0 Å². The first-order valence-electron chi connectivity index (χ1n) is 9.78. The van der Waals surface area contributed by atoms with E-state index in [4.69, 9.17) is 0 Å². The first-order chi connectivity index (χ1) is 15.1. The number of nitrogens with one attached hydrogen (secondary N) is 2. The highest BCUT2D eigenvalue weighted by molar-refractivity contribution is 5.68. The van der Waals surface area contributed by atoms with Gasteiger partial charge in [0.15, 0.2) is 0 Å². The fourth-order valence-electron chi connectivity index (χ4n) is 2.85. The van der Waals surface area contributed by atoms with Crippen LogP contribution in [0, 0.1) is 11.7 Å². The Labute approximate surface area is 182 Å². The van der Waals surface area contributed by atoms with Crippen LogP contribution >= 0.6 is 0 Å². The Morgan fingerprint density at radius 1 is 1.03 bits per heavy atom. The van der Waals surface area contributed by atoms with Gasteiger partial charge in [-0.2, -0.15) is 4.98 Å². The third-order valence-corrected chi connectivity index (χ3v) is 4.52. The topological polar surface area (TPSA) is 79.3 Å². The second-order valence-corrected chi connectivity index (χ2v) is 7.35. The van der Waals surface area contributed by atoms with E-state index in [-0.39, 0.29) is 30.3 Å². The number of hydrogen-bond donors (Lipinski definition) is 3. The zero-order valence-electron chi connectivity index (χ0n) is 17.3. The molecule has 0 aliphatic heterocycles. The fraction of sp³-hybridized carbons (Fsp3) is 0.273. The average molecular weight is 450 g/mol. The van der Waals surface area contributed by atoms with E-state index in [1.165, 1.54) is 42.5 Å². The minimum absolute atomic E-state index is 0.0595. The number of nitrogens with zero attached hydrogens (tertiary/aromatic N) is 2. The summed E-state index contributed by atoms with van der Waals surface area (Å²) in [5.74, 6) is -0.227. The molecule has 3 rings (SSSR count). The molecule has 3 N–H and O–H groups in total. The summed E-state index contributed by atoms with van der Waals surface area (Å²) >= 11 is 0. The standard InChI is InChI=1S/C22H22F4N4O2/c1-13(2)19(12-31)29-21-28-18(14-4-3-5-17(10-14)32-22(24,25)26)11-20(30-21)27-16-8-6-15(23)7-9-16/h3-11,13,19,31H,12H2,1-2H3,(H2,27,28,29,30)/t19-/m0/s1. The molecule has 0 fully saturated rings. The summed E-state index contributed by atoms with van der Waals surface area (Å²) in [5, 5.41) is 15.7. The number of aliphatic hydroxyl groups excluding tert-OH is 1. The van der Waals surface area contributed by atoms with Gasteiger partial charge in [0.25, 0.3) is 0 Å². The molecule has 10 heteroatoms. The van der Waals surface area contributed by atoms with Crippen LogP contribution in [0.1, 0.15) is 13.8 Å². The number of aromatic nitrogens is 2. The van der Waals surface area contributed by atoms with Crippen LogP contribution in [0.3, 0.4) is 0 Å². The largest absolute Gasteiger partial charge is 0.573 e. The second kappa shape index (κ2) is 9.82. The minimum Gasteiger partial charge on any atom is -0.406 e. The molecule has 1 atom stereocenters. The molecular formula is C22H22F4N4O2. The monoisotopic (exact) mass is 450 g/mol. The zero-order chi connectivity index (χ0) is 23.3. The van der Waals surface area contributed by atoms with Crippen molar-refractivity contribution in [2.24, 2.45) is 5.92 Å². The first-order valence-corrected chi connectivity index (χ1v) is 9.78. The number of ether oxygens (including phenoxy) is 1. The lowest BCUT2D eigenvalue weighted by molar-refractivity contribution is -0.274. The van der Waals surface area contributed by atoms with E-state index in [1.807, 2.05) is 13.8 Å². The first kappa shape index (κ1) is 23.3. The number of hydrogen-bond acceptors (Lipinski definition) is 6. The van der Waals surface area contributed by atoms with Gasteiger partial charge in [-0.1, -0.05) is 26.0 Å². The van der Waals surface area contributed by atoms with Crippen molar-refractivity contribution in [3.05, 3.63) is 60.4 Å². The smallest absolute Gasteiger partial charge is 0.406 e. The maximum Gasteiger partial charge on any atom is 0.573 e. The fourth-order valence-corrected chi connectivity index (χ4v) is 2.85. The van der Waals surface area contributed by atoms with Crippen molar-refractivity contribution >= 4 is 17.5 Å². The van der Waals surface area contributed by atoms with E-state index in [1.54, 1.807) is 12.1 Å². The van der Waals surface area contributed by atoms with Gasteiger partial charge in [0.05, 0.1) is 18.3 Å². The Morgan fingerprint density at radius 2 is 1.75 bits per heavy atom. The van der Waals surface area contributed by atoms with Crippen LogP contribution in [0.15, 0.2) is 54.6 Å². The van der Waals surface area contributed by atoms with Crippen LogP contribution in [0.2, 0.25) is 0 Å². The normalized spacial score (nSPS) is 12.5. The molecule has 0 bridgehead atoms. The Balaban J connectivity index is 1.99. The lowest BCUT2D eigenvalue weighted by atomic mass is 10.1. The van der Waals surface area contributed by atoms with Crippen LogP contribution in [-0.4, -0.2) is 34.1 Å². The SMILES string of the molecule is CC(C)[C@H](CO)Nc1nc(Nc2ccc(F)cc2)cc(-c2cccc(OC(F)(F)F)c2)n1. The van der Waals surface area contributed by atoms with Crippen LogP contribution in [0.25, 0.3) is 11.3 Å². The third kappa shape index (κ3) is 6.55. The molecule has 0 unspecified atom stereocenters. The van der Waals surface area contributed by atoms with Gasteiger partial charge in [-0.3, -0.25) is 0 Å². The summed E-state index contributed by atoms with van der Waals surface area (Å²) in [4.78, 5) is 8.78. The van der Waals surface area contributed by atoms with Crippen molar-refractivity contribution in [3.63, 3.8) is 0 Å². The van der Waals surface area contributed by atoms with Gasteiger partial charge in [0.1, 0.15) is 17.4 Å². The predicted molar refractivity (Wildman–Crippen MR) is 113 cm³/mol. The molecule has 0 amide bonds. The molecule has 1 heterocycles. The molecule has 32 heavy (non-hydrogen) atoms. The molecule has 0 aliphatic rings. The number of anilines is 3. The molecule has 0 aliphatic carbocycles. The van der Waals surface area contributed by atoms with Gasteiger partial charge in [-0.05, 0) is 42.3 Å². The Hall–Kier alpha value is -3.40. The van der Waals surface area contributed by atoms with E-state index >= 15 is 0 Å². The Kier molecular flexibility index (Phi) is 7.14. The Morgan fingerprint density at radius 3 is 2.38 bits per heavy atom. The van der Waals surface area contributed by atoms with Crippen molar-refractivity contribution in [1.82, 2.24) is 9.97 Å². The molecule has 0 spiro atoms. The van der Waals surface area contributed by atoms with Crippen LogP contribution < -0.4 is 15.4 Å². The van der Waals surface area contributed by atoms with E-state index in [2.05, 4.69) is 25.3 Å². The molecule has 0 radical (unpaired) electrons. The quantitative estimate of drug-likeness (QED) is 0.402. The number of halogens is 4. The summed E-state index contributed by atoms with van der Waals surface area (Å²) in [7, 11) is 0. The highest BCUT2D eigenvalue weighted by atomic mass is 19.4. The van der Waals surface area contributed by atoms with Gasteiger partial charge in [-0.25, -0.2) is 9.37 Å². The van der Waals surface area contributed by atoms with E-state index in [0.29, 0.717) is 22.8 Å². The average Bonchev–Trinajstić information content (AvgIpc) is 2.72. The molecule has 2 aromatic carbocycles. The second-order valence-electron chi connectivity index (χ2n) is 7.35. The predicted octanol–water partition coefficient (Wildman–Crippen LogP) is 5.35. The van der Waals surface area contributed by atoms with Crippen molar-refractivity contribution in [3.8, 4) is 17.0 Å². The third-order valence-electron chi connectivity index (χ3n) is 4.52. The maximum absolute atomic E-state index is 13.2. The zero-order valence-corrected chi connectivity index (χ0v) is 17.3. The van der Waals surface area contributed by atoms with Crippen molar-refractivity contribution < 1.29 is 27.4 Å². The molecule has 0 saturated heterocycles. The molecule has 6 nitrogen and oxygen atoms in total. The molecular weight excluding hydrogens is 428 g/mol. The summed E-state index contributed by atoms with van der Waals surface area (Å²) in [6, 6.07) is 12.2. The molecule has 0 saturated carbocycles. The van der Waals surface area contributed by atoms with Crippen molar-refractivity contribution in [1.29, 1.82) is 0 Å². The summed E-state index contributed by atoms with van der Waals surface area (Å²) in [5.41, 5.74) is 1.24. The van der Waals surface area contributed by atoms with Crippen molar-refractivity contribution in [2.45, 2.75) is 26.3 Å². The highest BCUT2D eigenvalue weighted by Gasteiger charge is 2.31. The van der Waals surface area contributed by atoms with Gasteiger partial charge in [0.2, 0.25) is 5.95 Å². The maximum atomic E-state index is 13.2. The number of alkyl halides is 3. The van der Waals surface area contributed by atoms with Crippen LogP contribution in [0.5, 0.6) is 5.75 Å². The van der Waals surface area contributed by atoms with Crippen LogP contribution in [-0.2, 0) is 0 Å². The molecule has 3 aromatic rings. The van der Waals surface area contributed by atoms with E-state index < -0.39 is 12.2 Å². The van der Waals surface area contributed by atoms with Crippen LogP contribution in [0.4, 0.5) is 35.0 Å². The Bertz CT molecular complexity index is 1040. The van der Waals surface area contributed by atoms with Gasteiger partial charge in [0, 0.05) is 17.3 Å². The lowest BCUT2D eigenvalue weighted by Crippen LogP contribution is -2.30. The van der Waals surface area contributed by atoms with Crippen molar-refractivity contribution in [2.75, 3.05) is 17.2 Å². The number of benzene rings is 2. The minimum atomic E-state index is -4.82. The lowest BCUT2D eigenvalue weighted by Gasteiger charge is -2.21. The van der Waals surface area contributed by atoms with Gasteiger partial charge >= 0.3 is 6.36 Å². The molecule has 170 valence electrons. The number of aliphatic hydroxyl groups is 1. The summed E-state index contributed by atoms with van der Waals surface area (Å²) in [6.07, 6.45) is -4.82. The van der Waals surface area contributed by atoms with Gasteiger partial charge < -0.3 is 20.5 Å². The van der Waals surface area contributed by atoms with E-state index in [9.17, 15) is 22.7 Å². The number of rotatable bonds is 8. The highest BCUT2D eigenvalue weighted by Crippen LogP contribution is 2.29. The summed E-state index contributed by atoms with van der Waals surface area (Å²) in [6.45, 7) is 3.65. The molecule has 1 aromatic heterocycles. The van der Waals surface area contributed by atoms with Gasteiger partial charge in [-0.15, -0.1) is 13.2 Å². The summed E-state index contributed by atoms with van der Waals surface area (Å²) < 4.78 is 55.1.